The third kappa shape index (κ3) is 8.26. The zero-order valence-electron chi connectivity index (χ0n) is 45.7. The van der Waals surface area contributed by atoms with Crippen LogP contribution in [0, 0.1) is 18.5 Å². The molecule has 7 heteroatoms. The molecule has 6 nitrogen and oxygen atoms in total. The van der Waals surface area contributed by atoms with Crippen LogP contribution in [0.3, 0.4) is 0 Å². The number of hydrogen-bond donors (Lipinski definition) is 0. The molecule has 15 rings (SSSR count). The van der Waals surface area contributed by atoms with Gasteiger partial charge in [-0.1, -0.05) is 193 Å². The molecule has 0 unspecified atom stereocenters. The Balaban J connectivity index is 0.00000589. The first-order valence-electron chi connectivity index (χ1n) is 27.4. The SMILES string of the molecule is CC(C)(C)c1ccnc(-n2c3[c-]c(Oc4[c-]c(-n5[c-][n+]6c7c(cccc75)-c5ccccc5-c5ccccc5-c5cc(C(C)(C)C)cc(-c7cc(-c8ccccc8)c8oc9ccccc9c8c7)c5-6)ccc4)ccc3c3ccccc32)c1.[Pt]. The molecule has 1 aliphatic heterocycles. The first kappa shape index (κ1) is 50.2. The Morgan fingerprint density at radius 3 is 1.86 bits per heavy atom. The van der Waals surface area contributed by atoms with Gasteiger partial charge >= 0.3 is 0 Å². The number of nitrogens with zero attached hydrogens (tertiary/aromatic N) is 4. The van der Waals surface area contributed by atoms with E-state index in [1.807, 2.05) is 30.5 Å². The fraction of sp³-hybridized carbons (Fsp3) is 0.108. The molecule has 0 saturated heterocycles. The van der Waals surface area contributed by atoms with E-state index in [4.69, 9.17) is 14.1 Å². The predicted octanol–water partition coefficient (Wildman–Crippen LogP) is 18.7. The zero-order valence-corrected chi connectivity index (χ0v) is 48.0. The maximum atomic E-state index is 6.84. The van der Waals surface area contributed by atoms with E-state index in [9.17, 15) is 0 Å². The molecule has 0 bridgehead atoms. The molecule has 0 radical (unpaired) electrons. The van der Waals surface area contributed by atoms with Crippen LogP contribution in [-0.4, -0.2) is 14.1 Å². The summed E-state index contributed by atoms with van der Waals surface area (Å²) in [5.41, 5.74) is 20.7. The number of para-hydroxylation sites is 3. The molecule has 0 aliphatic carbocycles. The van der Waals surface area contributed by atoms with Crippen molar-refractivity contribution in [3.05, 3.63) is 248 Å². The van der Waals surface area contributed by atoms with Crippen molar-refractivity contribution >= 4 is 54.8 Å². The van der Waals surface area contributed by atoms with Gasteiger partial charge in [-0.05, 0) is 119 Å². The largest absolute Gasteiger partial charge is 0.510 e. The van der Waals surface area contributed by atoms with Gasteiger partial charge in [-0.25, -0.2) is 4.98 Å². The van der Waals surface area contributed by atoms with E-state index in [0.29, 0.717) is 11.5 Å². The van der Waals surface area contributed by atoms with Crippen molar-refractivity contribution in [2.75, 3.05) is 0 Å². The number of ether oxygens (including phenoxy) is 1. The van der Waals surface area contributed by atoms with E-state index < -0.39 is 0 Å². The Morgan fingerprint density at radius 1 is 0.469 bits per heavy atom. The summed E-state index contributed by atoms with van der Waals surface area (Å²) >= 11 is 0. The third-order valence-corrected chi connectivity index (χ3v) is 16.1. The van der Waals surface area contributed by atoms with Crippen LogP contribution in [0.25, 0.3) is 128 Å². The van der Waals surface area contributed by atoms with E-state index >= 15 is 0 Å². The van der Waals surface area contributed by atoms with Crippen molar-refractivity contribution in [3.63, 3.8) is 0 Å². The Labute approximate surface area is 485 Å². The van der Waals surface area contributed by atoms with Gasteiger partial charge in [0.1, 0.15) is 17.0 Å². The van der Waals surface area contributed by atoms with Crippen LogP contribution in [0.5, 0.6) is 11.5 Å². The summed E-state index contributed by atoms with van der Waals surface area (Å²) in [5, 5.41) is 4.34. The van der Waals surface area contributed by atoms with Crippen molar-refractivity contribution in [1.82, 2.24) is 14.1 Å². The monoisotopic (exact) mass is 1230 g/mol. The number of benzene rings is 10. The van der Waals surface area contributed by atoms with Crippen LogP contribution in [0.15, 0.2) is 223 Å². The fourth-order valence-corrected chi connectivity index (χ4v) is 12.1. The number of aromatic nitrogens is 4. The van der Waals surface area contributed by atoms with Gasteiger partial charge in [0.25, 0.3) is 6.33 Å². The molecule has 1 aliphatic rings. The minimum Gasteiger partial charge on any atom is -0.510 e. The smallest absolute Gasteiger partial charge is 0.268 e. The Bertz CT molecular complexity index is 4830. The number of furan rings is 1. The standard InChI is InChI=1S/C74H54N4O2.Pt/c1-73(2,3)48-36-37-75-69(42-48)78-65-31-16-14-28-57(65)58-35-34-52(44-67(58)78)79-51-23-18-22-50(43-51)76-45-77-70-61(47-38-62(46-20-8-7-9-21-46)72-64(39-47)59-29-15-17-33-68(59)80-72)40-49(74(4,5)6)41-63(70)56-27-13-11-25-54(56)53-24-10-12-26-55(53)60-30-19-32-66(76)71(60)77;/h7-42H,1-6H3;/q-2;. The number of fused-ring (bicyclic) bond motifs is 13. The topological polar surface area (TPSA) is 49.0 Å². The molecule has 0 spiro atoms. The molecular formula is C74H54N4O2Pt-2. The maximum Gasteiger partial charge on any atom is 0.268 e. The van der Waals surface area contributed by atoms with Crippen LogP contribution < -0.4 is 9.30 Å². The van der Waals surface area contributed by atoms with Gasteiger partial charge in [0, 0.05) is 60.6 Å². The molecule has 4 aromatic heterocycles. The Hall–Kier alpha value is -9.09. The molecule has 394 valence electrons. The van der Waals surface area contributed by atoms with Gasteiger partial charge in [0.15, 0.2) is 0 Å². The summed E-state index contributed by atoms with van der Waals surface area (Å²) in [5.74, 6) is 1.96. The average Bonchev–Trinajstić information content (AvgIpc) is 4.39. The molecule has 14 aromatic rings. The zero-order chi connectivity index (χ0) is 54.0. The summed E-state index contributed by atoms with van der Waals surface area (Å²) in [7, 11) is 0. The van der Waals surface area contributed by atoms with E-state index in [-0.39, 0.29) is 31.9 Å². The van der Waals surface area contributed by atoms with Crippen LogP contribution in [-0.2, 0) is 31.9 Å². The van der Waals surface area contributed by atoms with Gasteiger partial charge in [0.05, 0.1) is 16.7 Å². The van der Waals surface area contributed by atoms with E-state index in [0.717, 1.165) is 122 Å². The molecule has 10 aromatic carbocycles. The minimum atomic E-state index is -0.209. The normalized spacial score (nSPS) is 12.2. The fourth-order valence-electron chi connectivity index (χ4n) is 12.1. The Morgan fingerprint density at radius 2 is 1.10 bits per heavy atom. The van der Waals surface area contributed by atoms with Crippen molar-refractivity contribution < 1.29 is 34.8 Å². The van der Waals surface area contributed by atoms with Gasteiger partial charge in [-0.3, -0.25) is 4.57 Å². The quantitative estimate of drug-likeness (QED) is 0.123. The van der Waals surface area contributed by atoms with Crippen molar-refractivity contribution in [2.24, 2.45) is 0 Å². The molecule has 81 heavy (non-hydrogen) atoms. The summed E-state index contributed by atoms with van der Waals surface area (Å²) in [4.78, 5) is 4.91. The van der Waals surface area contributed by atoms with E-state index in [1.165, 1.54) is 16.7 Å². The van der Waals surface area contributed by atoms with E-state index in [2.05, 4.69) is 262 Å². The van der Waals surface area contributed by atoms with Crippen LogP contribution in [0.1, 0.15) is 52.7 Å². The predicted molar refractivity (Wildman–Crippen MR) is 325 cm³/mol. The number of rotatable bonds is 6. The summed E-state index contributed by atoms with van der Waals surface area (Å²) in [6.45, 7) is 13.6. The molecule has 0 saturated carbocycles. The van der Waals surface area contributed by atoms with Crippen LogP contribution in [0.4, 0.5) is 0 Å². The van der Waals surface area contributed by atoms with Crippen LogP contribution in [0.2, 0.25) is 0 Å². The number of imidazole rings is 1. The second-order valence-corrected chi connectivity index (χ2v) is 23.2. The minimum absolute atomic E-state index is 0. The first-order chi connectivity index (χ1) is 38.9. The molecule has 0 atom stereocenters. The van der Waals surface area contributed by atoms with E-state index in [1.54, 1.807) is 0 Å². The van der Waals surface area contributed by atoms with Crippen molar-refractivity contribution in [2.45, 2.75) is 52.4 Å². The molecule has 0 amide bonds. The number of hydrogen-bond acceptors (Lipinski definition) is 3. The van der Waals surface area contributed by atoms with Crippen molar-refractivity contribution in [3.8, 4) is 84.3 Å². The molecular weight excluding hydrogens is 1170 g/mol. The van der Waals surface area contributed by atoms with Gasteiger partial charge in [-0.15, -0.1) is 29.7 Å². The van der Waals surface area contributed by atoms with Gasteiger partial charge in [-0.2, -0.15) is 18.2 Å². The second kappa shape index (κ2) is 19.0. The molecule has 5 heterocycles. The molecule has 0 N–H and O–H groups in total. The second-order valence-electron chi connectivity index (χ2n) is 23.2. The first-order valence-corrected chi connectivity index (χ1v) is 27.4. The average molecular weight is 1230 g/mol. The Kier molecular flexibility index (Phi) is 11.8. The molecule has 0 fully saturated rings. The van der Waals surface area contributed by atoms with Crippen LogP contribution >= 0.6 is 0 Å². The summed E-state index contributed by atoms with van der Waals surface area (Å²) in [6.07, 6.45) is 5.92. The maximum absolute atomic E-state index is 6.84. The summed E-state index contributed by atoms with van der Waals surface area (Å²) < 4.78 is 20.3. The third-order valence-electron chi connectivity index (χ3n) is 16.1. The van der Waals surface area contributed by atoms with Gasteiger partial charge < -0.3 is 18.3 Å². The van der Waals surface area contributed by atoms with Gasteiger partial charge in [0.2, 0.25) is 0 Å². The number of pyridine rings is 1. The summed E-state index contributed by atoms with van der Waals surface area (Å²) in [6, 6.07) is 83.2. The van der Waals surface area contributed by atoms with Crippen molar-refractivity contribution in [1.29, 1.82) is 0 Å².